The lowest BCUT2D eigenvalue weighted by molar-refractivity contribution is -0.149. The normalized spacial score (nSPS) is 17.4. The largest absolute Gasteiger partial charge is 0.481 e. The number of aliphatic carboxylic acids is 2. The van der Waals surface area contributed by atoms with Crippen LogP contribution in [-0.2, 0) is 28.8 Å². The lowest BCUT2D eigenvalue weighted by Gasteiger charge is -2.28. The maximum absolute atomic E-state index is 13.0. The molecular weight excluding hydrogens is 480 g/mol. The molecule has 1 fully saturated rings. The molecule has 16 heteroatoms. The lowest BCUT2D eigenvalue weighted by Crippen LogP contribution is -2.57. The second-order valence-electron chi connectivity index (χ2n) is 8.31. The third-order valence-electron chi connectivity index (χ3n) is 5.43. The van der Waals surface area contributed by atoms with Crippen molar-refractivity contribution in [3.63, 3.8) is 0 Å². The number of nitrogens with one attached hydrogen (secondary N) is 2. The summed E-state index contributed by atoms with van der Waals surface area (Å²) in [6, 6.07) is -5.10. The summed E-state index contributed by atoms with van der Waals surface area (Å²) >= 11 is 0. The Bertz CT molecular complexity index is 876. The van der Waals surface area contributed by atoms with E-state index in [9.17, 15) is 33.9 Å². The molecule has 4 atom stereocenters. The van der Waals surface area contributed by atoms with Gasteiger partial charge in [0, 0.05) is 19.5 Å². The van der Waals surface area contributed by atoms with E-state index in [0.29, 0.717) is 12.8 Å². The molecule has 36 heavy (non-hydrogen) atoms. The van der Waals surface area contributed by atoms with Gasteiger partial charge in [-0.15, -0.1) is 0 Å². The number of nitrogens with two attached hydrogens (primary N) is 4. The van der Waals surface area contributed by atoms with Gasteiger partial charge in [0.05, 0.1) is 12.5 Å². The van der Waals surface area contributed by atoms with E-state index in [1.165, 1.54) is 0 Å². The van der Waals surface area contributed by atoms with Crippen LogP contribution in [0.5, 0.6) is 0 Å². The van der Waals surface area contributed by atoms with E-state index in [1.54, 1.807) is 0 Å². The Kier molecular flexibility index (Phi) is 12.1. The molecule has 1 aliphatic heterocycles. The van der Waals surface area contributed by atoms with Gasteiger partial charge in [0.1, 0.15) is 18.1 Å². The molecule has 1 saturated heterocycles. The fourth-order valence-corrected chi connectivity index (χ4v) is 3.63. The minimum absolute atomic E-state index is 0.106. The number of carbonyl (C=O) groups excluding carboxylic acids is 4. The van der Waals surface area contributed by atoms with Crippen LogP contribution < -0.4 is 33.6 Å². The molecule has 1 aliphatic rings. The predicted octanol–water partition coefficient (Wildman–Crippen LogP) is -3.85. The van der Waals surface area contributed by atoms with E-state index in [-0.39, 0.29) is 38.3 Å². The minimum atomic E-state index is -1.51. The molecule has 0 aromatic carbocycles. The van der Waals surface area contributed by atoms with E-state index in [1.807, 2.05) is 0 Å². The molecule has 1 heterocycles. The Hall–Kier alpha value is -3.95. The quantitative estimate of drug-likeness (QED) is 0.0594. The molecule has 0 spiro atoms. The standard InChI is InChI=1S/C20H34N8O8/c21-10(3-1-7-25-20(23)24)16(32)26-11(5-6-15(30)31)17(33)27-12(9-14(22)29)18(34)28-8-2-4-13(28)19(35)36/h10-13H,1-9,21H2,(H2,22,29)(H,26,32)(H,27,33)(H,30,31)(H,35,36)(H4,23,24,25). The number of carboxylic acids is 2. The van der Waals surface area contributed by atoms with Crippen molar-refractivity contribution in [1.82, 2.24) is 15.5 Å². The molecule has 0 aromatic rings. The van der Waals surface area contributed by atoms with Crippen LogP contribution in [0.2, 0.25) is 0 Å². The van der Waals surface area contributed by atoms with Gasteiger partial charge in [-0.2, -0.15) is 0 Å². The van der Waals surface area contributed by atoms with Crippen LogP contribution in [0.3, 0.4) is 0 Å². The van der Waals surface area contributed by atoms with Crippen LogP contribution in [0.4, 0.5) is 0 Å². The van der Waals surface area contributed by atoms with E-state index in [2.05, 4.69) is 15.6 Å². The highest BCUT2D eigenvalue weighted by Gasteiger charge is 2.39. The summed E-state index contributed by atoms with van der Waals surface area (Å²) in [6.45, 7) is 0.325. The van der Waals surface area contributed by atoms with Gasteiger partial charge in [-0.25, -0.2) is 4.79 Å². The second kappa shape index (κ2) is 14.4. The monoisotopic (exact) mass is 514 g/mol. The van der Waals surface area contributed by atoms with E-state index in [0.717, 1.165) is 4.90 Å². The van der Waals surface area contributed by atoms with Crippen LogP contribution in [0.15, 0.2) is 4.99 Å². The average molecular weight is 515 g/mol. The first kappa shape index (κ1) is 30.1. The van der Waals surface area contributed by atoms with Crippen LogP contribution in [0.25, 0.3) is 0 Å². The number of amides is 4. The minimum Gasteiger partial charge on any atom is -0.481 e. The number of rotatable bonds is 15. The summed E-state index contributed by atoms with van der Waals surface area (Å²) in [5, 5.41) is 23.0. The number of carboxylic acid groups (broad SMARTS) is 2. The van der Waals surface area contributed by atoms with Crippen molar-refractivity contribution in [2.24, 2.45) is 27.9 Å². The molecule has 202 valence electrons. The SMILES string of the molecule is NC(=O)CC(NC(=O)C(CCC(=O)O)NC(=O)C(N)CCCN=C(N)N)C(=O)N1CCCC1C(=O)O. The van der Waals surface area contributed by atoms with E-state index in [4.69, 9.17) is 28.0 Å². The number of hydrogen-bond donors (Lipinski definition) is 8. The highest BCUT2D eigenvalue weighted by Crippen LogP contribution is 2.19. The van der Waals surface area contributed by atoms with Crippen LogP contribution in [0.1, 0.15) is 44.9 Å². The number of carbonyl (C=O) groups is 6. The van der Waals surface area contributed by atoms with Gasteiger partial charge in [-0.05, 0) is 32.1 Å². The van der Waals surface area contributed by atoms with Crippen molar-refractivity contribution in [1.29, 1.82) is 0 Å². The van der Waals surface area contributed by atoms with Gasteiger partial charge in [0.15, 0.2) is 5.96 Å². The van der Waals surface area contributed by atoms with Crippen LogP contribution in [-0.4, -0.2) is 93.9 Å². The molecule has 4 amide bonds. The number of aliphatic imine (C=N–C) groups is 1. The van der Waals surface area contributed by atoms with Crippen LogP contribution in [0, 0.1) is 0 Å². The topological polar surface area (TPSA) is 287 Å². The third-order valence-corrected chi connectivity index (χ3v) is 5.43. The zero-order chi connectivity index (χ0) is 27.4. The summed E-state index contributed by atoms with van der Waals surface area (Å²) in [5.74, 6) is -6.07. The molecule has 4 unspecified atom stereocenters. The number of primary amides is 1. The smallest absolute Gasteiger partial charge is 0.326 e. The average Bonchev–Trinajstić information content (AvgIpc) is 3.27. The molecule has 1 rings (SSSR count). The number of guanidine groups is 1. The Morgan fingerprint density at radius 2 is 1.61 bits per heavy atom. The highest BCUT2D eigenvalue weighted by molar-refractivity contribution is 5.96. The summed E-state index contributed by atoms with van der Waals surface area (Å²) < 4.78 is 0. The van der Waals surface area contributed by atoms with Gasteiger partial charge in [-0.1, -0.05) is 0 Å². The fourth-order valence-electron chi connectivity index (χ4n) is 3.63. The molecule has 12 N–H and O–H groups in total. The van der Waals surface area contributed by atoms with Crippen molar-refractivity contribution < 1.29 is 39.0 Å². The Morgan fingerprint density at radius 3 is 2.17 bits per heavy atom. The highest BCUT2D eigenvalue weighted by atomic mass is 16.4. The van der Waals surface area contributed by atoms with E-state index < -0.39 is 72.6 Å². The molecule has 16 nitrogen and oxygen atoms in total. The summed E-state index contributed by atoms with van der Waals surface area (Å²) in [5.41, 5.74) is 21.5. The maximum atomic E-state index is 13.0. The molecular formula is C20H34N8O8. The first-order chi connectivity index (χ1) is 16.8. The first-order valence-electron chi connectivity index (χ1n) is 11.3. The number of nitrogens with zero attached hydrogens (tertiary/aromatic N) is 2. The first-order valence-corrected chi connectivity index (χ1v) is 11.3. The van der Waals surface area contributed by atoms with Gasteiger partial charge < -0.3 is 48.7 Å². The van der Waals surface area contributed by atoms with Gasteiger partial charge in [-0.3, -0.25) is 29.0 Å². The van der Waals surface area contributed by atoms with Crippen molar-refractivity contribution >= 4 is 41.5 Å². The van der Waals surface area contributed by atoms with Crippen molar-refractivity contribution in [2.45, 2.75) is 69.1 Å². The fraction of sp³-hybridized carbons (Fsp3) is 0.650. The zero-order valence-electron chi connectivity index (χ0n) is 19.7. The molecule has 0 bridgehead atoms. The molecule has 0 aliphatic carbocycles. The second-order valence-corrected chi connectivity index (χ2v) is 8.31. The van der Waals surface area contributed by atoms with Crippen molar-refractivity contribution in [3.05, 3.63) is 0 Å². The summed E-state index contributed by atoms with van der Waals surface area (Å²) in [7, 11) is 0. The Balaban J connectivity index is 2.95. The van der Waals surface area contributed by atoms with Gasteiger partial charge >= 0.3 is 11.9 Å². The molecule has 0 saturated carbocycles. The molecule has 0 aromatic heterocycles. The summed E-state index contributed by atoms with van der Waals surface area (Å²) in [4.78, 5) is 77.2. The van der Waals surface area contributed by atoms with E-state index >= 15 is 0 Å². The summed E-state index contributed by atoms with van der Waals surface area (Å²) in [6.07, 6.45) is -0.336. The Morgan fingerprint density at radius 1 is 0.972 bits per heavy atom. The van der Waals surface area contributed by atoms with Crippen LogP contribution >= 0.6 is 0 Å². The Labute approximate surface area is 206 Å². The van der Waals surface area contributed by atoms with Gasteiger partial charge in [0.25, 0.3) is 0 Å². The van der Waals surface area contributed by atoms with Gasteiger partial charge in [0.2, 0.25) is 23.6 Å². The zero-order valence-corrected chi connectivity index (χ0v) is 19.7. The predicted molar refractivity (Wildman–Crippen MR) is 125 cm³/mol. The van der Waals surface area contributed by atoms with Crippen molar-refractivity contribution in [3.8, 4) is 0 Å². The lowest BCUT2D eigenvalue weighted by atomic mass is 10.1. The maximum Gasteiger partial charge on any atom is 0.326 e. The molecule has 0 radical (unpaired) electrons. The number of likely N-dealkylation sites (tertiary alicyclic amines) is 1. The van der Waals surface area contributed by atoms with Crippen molar-refractivity contribution in [2.75, 3.05) is 13.1 Å². The number of hydrogen-bond acceptors (Lipinski definition) is 8. The third kappa shape index (κ3) is 10.1.